The van der Waals surface area contributed by atoms with Crippen LogP contribution in [0.25, 0.3) is 0 Å². The lowest BCUT2D eigenvalue weighted by molar-refractivity contribution is -0.116. The maximum Gasteiger partial charge on any atom is 0.224 e. The lowest BCUT2D eigenvalue weighted by Gasteiger charge is -2.11. The molecule has 2 aromatic rings. The molecule has 0 spiro atoms. The number of anilines is 1. The zero-order valence-electron chi connectivity index (χ0n) is 12.3. The van der Waals surface area contributed by atoms with Crippen molar-refractivity contribution < 1.29 is 14.3 Å². The van der Waals surface area contributed by atoms with Gasteiger partial charge in [0.15, 0.2) is 0 Å². The number of nitrogens with one attached hydrogen (secondary N) is 1. The van der Waals surface area contributed by atoms with Crippen LogP contribution in [0.5, 0.6) is 11.5 Å². The average Bonchev–Trinajstić information content (AvgIpc) is 3.00. The highest BCUT2D eigenvalue weighted by Crippen LogP contribution is 2.28. The Kier molecular flexibility index (Phi) is 5.26. The number of hydrogen-bond acceptors (Lipinski definition) is 3. The number of methoxy groups -OCH3 is 2. The van der Waals surface area contributed by atoms with Crippen LogP contribution in [-0.4, -0.2) is 24.7 Å². The van der Waals surface area contributed by atoms with Crippen LogP contribution in [0.1, 0.15) is 12.8 Å². The van der Waals surface area contributed by atoms with Gasteiger partial charge in [0.25, 0.3) is 0 Å². The molecule has 112 valence electrons. The Morgan fingerprint density at radius 1 is 1.19 bits per heavy atom. The predicted octanol–water partition coefficient (Wildman–Crippen LogP) is 2.92. The topological polar surface area (TPSA) is 52.5 Å². The summed E-state index contributed by atoms with van der Waals surface area (Å²) < 4.78 is 12.4. The molecule has 0 saturated carbocycles. The van der Waals surface area contributed by atoms with Crippen LogP contribution in [0, 0.1) is 0 Å². The van der Waals surface area contributed by atoms with Gasteiger partial charge < -0.3 is 19.4 Å². The van der Waals surface area contributed by atoms with Crippen molar-refractivity contribution >= 4 is 11.6 Å². The normalized spacial score (nSPS) is 10.2. The van der Waals surface area contributed by atoms with Crippen molar-refractivity contribution in [3.05, 3.63) is 42.7 Å². The molecule has 5 heteroatoms. The maximum atomic E-state index is 12.0. The average molecular weight is 288 g/mol. The fraction of sp³-hybridized carbons (Fsp3) is 0.312. The zero-order valence-corrected chi connectivity index (χ0v) is 12.3. The maximum absolute atomic E-state index is 12.0. The van der Waals surface area contributed by atoms with Crippen molar-refractivity contribution in [3.63, 3.8) is 0 Å². The molecule has 21 heavy (non-hydrogen) atoms. The summed E-state index contributed by atoms with van der Waals surface area (Å²) in [5.74, 6) is 1.27. The van der Waals surface area contributed by atoms with E-state index in [9.17, 15) is 4.79 Å². The Morgan fingerprint density at radius 3 is 2.62 bits per heavy atom. The Morgan fingerprint density at radius 2 is 1.95 bits per heavy atom. The smallest absolute Gasteiger partial charge is 0.224 e. The fourth-order valence-corrected chi connectivity index (χ4v) is 2.07. The molecule has 0 unspecified atom stereocenters. The number of ether oxygens (including phenoxy) is 2. The van der Waals surface area contributed by atoms with Crippen LogP contribution in [0.15, 0.2) is 42.7 Å². The predicted molar refractivity (Wildman–Crippen MR) is 81.8 cm³/mol. The first-order valence-corrected chi connectivity index (χ1v) is 6.85. The number of hydrogen-bond donors (Lipinski definition) is 1. The summed E-state index contributed by atoms with van der Waals surface area (Å²) in [6.45, 7) is 0.829. The summed E-state index contributed by atoms with van der Waals surface area (Å²) in [4.78, 5) is 12.0. The van der Waals surface area contributed by atoms with Gasteiger partial charge in [-0.3, -0.25) is 4.79 Å². The highest BCUT2D eigenvalue weighted by molar-refractivity contribution is 5.92. The van der Waals surface area contributed by atoms with Crippen molar-refractivity contribution in [2.24, 2.45) is 0 Å². The third-order valence-corrected chi connectivity index (χ3v) is 3.17. The van der Waals surface area contributed by atoms with E-state index in [1.807, 2.05) is 24.5 Å². The molecular weight excluding hydrogens is 268 g/mol. The number of aromatic nitrogens is 1. The van der Waals surface area contributed by atoms with Gasteiger partial charge in [-0.1, -0.05) is 0 Å². The molecule has 0 atom stereocenters. The molecule has 0 bridgehead atoms. The quantitative estimate of drug-likeness (QED) is 0.852. The van der Waals surface area contributed by atoms with E-state index in [-0.39, 0.29) is 5.91 Å². The second-order valence-electron chi connectivity index (χ2n) is 4.64. The van der Waals surface area contributed by atoms with Crippen molar-refractivity contribution in [2.75, 3.05) is 19.5 Å². The molecular formula is C16H20N2O3. The van der Waals surface area contributed by atoms with E-state index >= 15 is 0 Å². The molecule has 0 saturated heterocycles. The minimum atomic E-state index is -0.0336. The Bertz CT molecular complexity index is 579. The first-order chi connectivity index (χ1) is 10.2. The number of aryl methyl sites for hydroxylation is 1. The molecule has 0 radical (unpaired) electrons. The Hall–Kier alpha value is -2.43. The zero-order chi connectivity index (χ0) is 15.1. The van der Waals surface area contributed by atoms with Gasteiger partial charge in [0.2, 0.25) is 5.91 Å². The van der Waals surface area contributed by atoms with Crippen LogP contribution in [0.3, 0.4) is 0 Å². The Labute approximate surface area is 124 Å². The molecule has 1 N–H and O–H groups in total. The van der Waals surface area contributed by atoms with E-state index < -0.39 is 0 Å². The second-order valence-corrected chi connectivity index (χ2v) is 4.64. The summed E-state index contributed by atoms with van der Waals surface area (Å²) in [5.41, 5.74) is 0.628. The van der Waals surface area contributed by atoms with E-state index in [1.54, 1.807) is 32.4 Å². The summed E-state index contributed by atoms with van der Waals surface area (Å²) in [6.07, 6.45) is 5.22. The molecule has 5 nitrogen and oxygen atoms in total. The minimum absolute atomic E-state index is 0.0336. The molecule has 0 aliphatic carbocycles. The van der Waals surface area contributed by atoms with Crippen LogP contribution in [-0.2, 0) is 11.3 Å². The van der Waals surface area contributed by atoms with E-state index in [0.29, 0.717) is 23.6 Å². The third kappa shape index (κ3) is 4.27. The first kappa shape index (κ1) is 15.0. The lowest BCUT2D eigenvalue weighted by Crippen LogP contribution is -2.13. The summed E-state index contributed by atoms with van der Waals surface area (Å²) >= 11 is 0. The van der Waals surface area contributed by atoms with Gasteiger partial charge in [-0.15, -0.1) is 0 Å². The number of benzene rings is 1. The monoisotopic (exact) mass is 288 g/mol. The van der Waals surface area contributed by atoms with Crippen molar-refractivity contribution in [3.8, 4) is 11.5 Å². The van der Waals surface area contributed by atoms with Gasteiger partial charge in [-0.2, -0.15) is 0 Å². The summed E-state index contributed by atoms with van der Waals surface area (Å²) in [6, 6.07) is 9.26. The molecule has 1 aromatic heterocycles. The van der Waals surface area contributed by atoms with Crippen molar-refractivity contribution in [2.45, 2.75) is 19.4 Å². The largest absolute Gasteiger partial charge is 0.497 e. The SMILES string of the molecule is COc1ccc(OC)c(NC(=O)CCCn2cccc2)c1. The van der Waals surface area contributed by atoms with Crippen LogP contribution >= 0.6 is 0 Å². The minimum Gasteiger partial charge on any atom is -0.497 e. The number of carbonyl (C=O) groups excluding carboxylic acids is 1. The van der Waals surface area contributed by atoms with Crippen LogP contribution in [0.2, 0.25) is 0 Å². The third-order valence-electron chi connectivity index (χ3n) is 3.17. The second kappa shape index (κ2) is 7.38. The fourth-order valence-electron chi connectivity index (χ4n) is 2.07. The van der Waals surface area contributed by atoms with E-state index in [4.69, 9.17) is 9.47 Å². The summed E-state index contributed by atoms with van der Waals surface area (Å²) in [7, 11) is 3.16. The van der Waals surface area contributed by atoms with Gasteiger partial charge in [-0.25, -0.2) is 0 Å². The van der Waals surface area contributed by atoms with Gasteiger partial charge in [0.1, 0.15) is 11.5 Å². The first-order valence-electron chi connectivity index (χ1n) is 6.85. The number of carbonyl (C=O) groups is 1. The molecule has 0 aliphatic heterocycles. The number of nitrogens with zero attached hydrogens (tertiary/aromatic N) is 1. The highest BCUT2D eigenvalue weighted by Gasteiger charge is 2.09. The summed E-state index contributed by atoms with van der Waals surface area (Å²) in [5, 5.41) is 2.86. The van der Waals surface area contributed by atoms with Gasteiger partial charge >= 0.3 is 0 Å². The molecule has 0 aliphatic rings. The molecule has 2 rings (SSSR count). The van der Waals surface area contributed by atoms with Gasteiger partial charge in [-0.05, 0) is 30.7 Å². The van der Waals surface area contributed by atoms with Crippen molar-refractivity contribution in [1.29, 1.82) is 0 Å². The molecule has 1 heterocycles. The number of rotatable bonds is 7. The van der Waals surface area contributed by atoms with Crippen LogP contribution in [0.4, 0.5) is 5.69 Å². The lowest BCUT2D eigenvalue weighted by atomic mass is 10.2. The molecule has 1 amide bonds. The molecule has 0 fully saturated rings. The van der Waals surface area contributed by atoms with Gasteiger partial charge in [0.05, 0.1) is 19.9 Å². The van der Waals surface area contributed by atoms with E-state index in [1.165, 1.54) is 0 Å². The number of amides is 1. The van der Waals surface area contributed by atoms with Gasteiger partial charge in [0, 0.05) is 31.4 Å². The van der Waals surface area contributed by atoms with E-state index in [0.717, 1.165) is 13.0 Å². The standard InChI is InChI=1S/C16H20N2O3/c1-20-13-7-8-15(21-2)14(12-13)17-16(19)6-5-11-18-9-3-4-10-18/h3-4,7-10,12H,5-6,11H2,1-2H3,(H,17,19). The van der Waals surface area contributed by atoms with Crippen molar-refractivity contribution in [1.82, 2.24) is 4.57 Å². The highest BCUT2D eigenvalue weighted by atomic mass is 16.5. The molecule has 1 aromatic carbocycles. The van der Waals surface area contributed by atoms with Crippen LogP contribution < -0.4 is 14.8 Å². The van der Waals surface area contributed by atoms with E-state index in [2.05, 4.69) is 9.88 Å². The Balaban J connectivity index is 1.89.